The molecule has 1 aliphatic heterocycles. The van der Waals surface area contributed by atoms with E-state index in [2.05, 4.69) is 4.98 Å². The van der Waals surface area contributed by atoms with Crippen LogP contribution in [0.3, 0.4) is 0 Å². The number of aliphatic hydroxyl groups excluding tert-OH is 1. The van der Waals surface area contributed by atoms with E-state index in [4.69, 9.17) is 16.3 Å². The summed E-state index contributed by atoms with van der Waals surface area (Å²) in [4.78, 5) is 31.1. The highest BCUT2D eigenvalue weighted by molar-refractivity contribution is 6.51. The summed E-state index contributed by atoms with van der Waals surface area (Å²) in [6.07, 6.45) is 1.45. The lowest BCUT2D eigenvalue weighted by Gasteiger charge is -2.24. The van der Waals surface area contributed by atoms with Crippen LogP contribution < -0.4 is 9.64 Å². The van der Waals surface area contributed by atoms with Gasteiger partial charge in [-0.05, 0) is 42.5 Å². The Balaban J connectivity index is 1.95. The van der Waals surface area contributed by atoms with Gasteiger partial charge in [-0.3, -0.25) is 19.5 Å². The molecule has 0 aliphatic carbocycles. The number of ketones is 1. The van der Waals surface area contributed by atoms with Gasteiger partial charge in [0.05, 0.1) is 23.4 Å². The molecule has 1 unspecified atom stereocenters. The molecule has 1 N–H and O–H groups in total. The molecule has 32 heavy (non-hydrogen) atoms. The van der Waals surface area contributed by atoms with Gasteiger partial charge in [0.1, 0.15) is 17.6 Å². The van der Waals surface area contributed by atoms with Crippen LogP contribution in [-0.2, 0) is 9.59 Å². The Labute approximate surface area is 186 Å². The van der Waals surface area contributed by atoms with Crippen molar-refractivity contribution in [1.82, 2.24) is 4.98 Å². The molecular weight excluding hydrogens is 442 g/mol. The summed E-state index contributed by atoms with van der Waals surface area (Å²) in [5.41, 5.74) is 0.103. The van der Waals surface area contributed by atoms with Gasteiger partial charge in [-0.2, -0.15) is 0 Å². The van der Waals surface area contributed by atoms with Crippen LogP contribution in [0.15, 0.2) is 66.4 Å². The van der Waals surface area contributed by atoms with Crippen molar-refractivity contribution in [3.05, 3.63) is 94.3 Å². The second kappa shape index (κ2) is 8.39. The van der Waals surface area contributed by atoms with E-state index in [9.17, 15) is 23.5 Å². The summed E-state index contributed by atoms with van der Waals surface area (Å²) in [5.74, 6) is -4.55. The Morgan fingerprint density at radius 3 is 2.53 bits per heavy atom. The molecule has 0 bridgehead atoms. The fourth-order valence-electron chi connectivity index (χ4n) is 3.51. The number of nitrogens with zero attached hydrogens (tertiary/aromatic N) is 2. The normalized spacial score (nSPS) is 17.6. The number of halogens is 3. The first-order chi connectivity index (χ1) is 15.3. The third-order valence-corrected chi connectivity index (χ3v) is 5.33. The number of aromatic nitrogens is 1. The van der Waals surface area contributed by atoms with E-state index in [1.54, 1.807) is 18.2 Å². The van der Waals surface area contributed by atoms with Gasteiger partial charge in [0.25, 0.3) is 11.7 Å². The van der Waals surface area contributed by atoms with E-state index in [0.717, 1.165) is 17.0 Å². The number of Topliss-reactive ketones (excluding diaryl/α,β-unsaturated/α-hetero) is 1. The van der Waals surface area contributed by atoms with Crippen molar-refractivity contribution >= 4 is 34.7 Å². The predicted octanol–water partition coefficient (Wildman–Crippen LogP) is 4.65. The first-order valence-corrected chi connectivity index (χ1v) is 9.72. The Morgan fingerprint density at radius 1 is 1.09 bits per heavy atom. The SMILES string of the molecule is COc1cc(/C(O)=C2\C(=O)C(=O)N(c3ccc(F)c(F)c3)C2c2ccccn2)ccc1Cl. The molecule has 1 fully saturated rings. The maximum atomic E-state index is 13.9. The summed E-state index contributed by atoms with van der Waals surface area (Å²) in [5, 5.41) is 11.3. The van der Waals surface area contributed by atoms with Crippen LogP contribution in [-0.4, -0.2) is 28.9 Å². The maximum absolute atomic E-state index is 13.9. The van der Waals surface area contributed by atoms with E-state index in [0.29, 0.717) is 0 Å². The highest BCUT2D eigenvalue weighted by atomic mass is 35.5. The van der Waals surface area contributed by atoms with Crippen LogP contribution >= 0.6 is 11.6 Å². The fourth-order valence-corrected chi connectivity index (χ4v) is 3.71. The minimum atomic E-state index is -1.19. The number of carbonyl (C=O) groups is 2. The average molecular weight is 457 g/mol. The molecule has 0 saturated carbocycles. The minimum Gasteiger partial charge on any atom is -0.507 e. The summed E-state index contributed by atoms with van der Waals surface area (Å²) < 4.78 is 32.6. The lowest BCUT2D eigenvalue weighted by atomic mass is 9.98. The largest absolute Gasteiger partial charge is 0.507 e. The van der Waals surface area contributed by atoms with Crippen molar-refractivity contribution in [2.45, 2.75) is 6.04 Å². The van der Waals surface area contributed by atoms with Gasteiger partial charge in [0.2, 0.25) is 0 Å². The number of pyridine rings is 1. The quantitative estimate of drug-likeness (QED) is 0.351. The monoisotopic (exact) mass is 456 g/mol. The number of aliphatic hydroxyl groups is 1. The molecule has 3 aromatic rings. The predicted molar refractivity (Wildman–Crippen MR) is 113 cm³/mol. The molecule has 1 aromatic heterocycles. The zero-order chi connectivity index (χ0) is 23.0. The van der Waals surface area contributed by atoms with Crippen LogP contribution in [0, 0.1) is 11.6 Å². The van der Waals surface area contributed by atoms with E-state index >= 15 is 0 Å². The zero-order valence-electron chi connectivity index (χ0n) is 16.6. The van der Waals surface area contributed by atoms with E-state index < -0.39 is 35.1 Å². The molecule has 2 aromatic carbocycles. The number of hydrogen-bond donors (Lipinski definition) is 1. The third-order valence-electron chi connectivity index (χ3n) is 5.02. The fraction of sp³-hybridized carbons (Fsp3) is 0.0870. The Morgan fingerprint density at radius 2 is 1.88 bits per heavy atom. The molecule has 1 amide bonds. The van der Waals surface area contributed by atoms with Crippen molar-refractivity contribution in [3.8, 4) is 5.75 Å². The van der Waals surface area contributed by atoms with Gasteiger partial charge in [0.15, 0.2) is 11.6 Å². The number of anilines is 1. The summed E-state index contributed by atoms with van der Waals surface area (Å²) in [6.45, 7) is 0. The molecule has 2 heterocycles. The lowest BCUT2D eigenvalue weighted by molar-refractivity contribution is -0.132. The number of hydrogen-bond acceptors (Lipinski definition) is 5. The molecule has 9 heteroatoms. The van der Waals surface area contributed by atoms with Crippen LogP contribution in [0.2, 0.25) is 5.02 Å². The van der Waals surface area contributed by atoms with Crippen molar-refractivity contribution in [3.63, 3.8) is 0 Å². The van der Waals surface area contributed by atoms with Crippen LogP contribution in [0.1, 0.15) is 17.3 Å². The third kappa shape index (κ3) is 3.58. The number of methoxy groups -OCH3 is 1. The molecular formula is C23H15ClF2N2O4. The highest BCUT2D eigenvalue weighted by Gasteiger charge is 2.47. The summed E-state index contributed by atoms with van der Waals surface area (Å²) >= 11 is 6.04. The number of rotatable bonds is 4. The second-order valence-electron chi connectivity index (χ2n) is 6.87. The van der Waals surface area contributed by atoms with Gasteiger partial charge in [-0.25, -0.2) is 8.78 Å². The van der Waals surface area contributed by atoms with Gasteiger partial charge in [-0.1, -0.05) is 17.7 Å². The van der Waals surface area contributed by atoms with Gasteiger partial charge >= 0.3 is 0 Å². The Bertz CT molecular complexity index is 1260. The molecule has 4 rings (SSSR count). The smallest absolute Gasteiger partial charge is 0.300 e. The van der Waals surface area contributed by atoms with E-state index in [1.165, 1.54) is 37.6 Å². The minimum absolute atomic E-state index is 0.0608. The number of benzene rings is 2. The van der Waals surface area contributed by atoms with Crippen molar-refractivity contribution in [1.29, 1.82) is 0 Å². The van der Waals surface area contributed by atoms with Crippen LogP contribution in [0.4, 0.5) is 14.5 Å². The second-order valence-corrected chi connectivity index (χ2v) is 7.28. The molecule has 162 valence electrons. The van der Waals surface area contributed by atoms with E-state index in [1.807, 2.05) is 0 Å². The molecule has 0 radical (unpaired) electrons. The van der Waals surface area contributed by atoms with Gasteiger partial charge in [-0.15, -0.1) is 0 Å². The standard InChI is InChI=1S/C23H15ClF2N2O4/c1-32-18-10-12(5-7-14(18)24)21(29)19-20(17-4-2-3-9-27-17)28(23(31)22(19)30)13-6-8-15(25)16(26)11-13/h2-11,20,29H,1H3/b21-19+. The van der Waals surface area contributed by atoms with Crippen LogP contribution in [0.5, 0.6) is 5.75 Å². The Hall–Kier alpha value is -3.78. The molecule has 1 atom stereocenters. The molecule has 0 spiro atoms. The van der Waals surface area contributed by atoms with Crippen molar-refractivity contribution < 1.29 is 28.2 Å². The highest BCUT2D eigenvalue weighted by Crippen LogP contribution is 2.42. The first-order valence-electron chi connectivity index (χ1n) is 9.34. The summed E-state index contributed by atoms with van der Waals surface area (Å²) in [7, 11) is 1.39. The number of carbonyl (C=O) groups excluding carboxylic acids is 2. The number of ether oxygens (including phenoxy) is 1. The van der Waals surface area contributed by atoms with Crippen LogP contribution in [0.25, 0.3) is 5.76 Å². The molecule has 1 aliphatic rings. The van der Waals surface area contributed by atoms with Gasteiger partial charge in [0, 0.05) is 23.5 Å². The number of amides is 1. The topological polar surface area (TPSA) is 79.7 Å². The van der Waals surface area contributed by atoms with Crippen molar-refractivity contribution in [2.75, 3.05) is 12.0 Å². The van der Waals surface area contributed by atoms with Crippen molar-refractivity contribution in [2.24, 2.45) is 0 Å². The first kappa shape index (κ1) is 21.5. The average Bonchev–Trinajstić information content (AvgIpc) is 3.06. The molecule has 6 nitrogen and oxygen atoms in total. The van der Waals surface area contributed by atoms with E-state index in [-0.39, 0.29) is 33.3 Å². The van der Waals surface area contributed by atoms with Gasteiger partial charge < -0.3 is 9.84 Å². The summed E-state index contributed by atoms with van der Waals surface area (Å²) in [6, 6.07) is 10.8. The molecule has 1 saturated heterocycles. The Kier molecular flexibility index (Phi) is 5.63. The zero-order valence-corrected chi connectivity index (χ0v) is 17.3. The maximum Gasteiger partial charge on any atom is 0.300 e. The lowest BCUT2D eigenvalue weighted by Crippen LogP contribution is -2.30.